The second kappa shape index (κ2) is 6.73. The number of likely N-dealkylation sites (tertiary alicyclic amines) is 1. The lowest BCUT2D eigenvalue weighted by Crippen LogP contribution is -2.38. The molecular weight excluding hydrogens is 276 g/mol. The van der Waals surface area contributed by atoms with Crippen LogP contribution in [0.3, 0.4) is 0 Å². The zero-order chi connectivity index (χ0) is 15.4. The molecule has 3 heterocycles. The Morgan fingerprint density at radius 3 is 2.91 bits per heavy atom. The number of aromatic nitrogens is 3. The van der Waals surface area contributed by atoms with Crippen molar-refractivity contribution in [2.75, 3.05) is 6.54 Å². The van der Waals surface area contributed by atoms with Gasteiger partial charge in [-0.1, -0.05) is 0 Å². The fourth-order valence-corrected chi connectivity index (χ4v) is 3.08. The number of hydrogen-bond acceptors (Lipinski definition) is 3. The highest BCUT2D eigenvalue weighted by molar-refractivity contribution is 5.77. The third-order valence-corrected chi connectivity index (χ3v) is 4.23. The quantitative estimate of drug-likeness (QED) is 0.850. The van der Waals surface area contributed by atoms with E-state index in [4.69, 9.17) is 0 Å². The van der Waals surface area contributed by atoms with E-state index in [1.165, 1.54) is 5.56 Å². The van der Waals surface area contributed by atoms with Gasteiger partial charge in [-0.2, -0.15) is 5.10 Å². The monoisotopic (exact) mass is 298 g/mol. The van der Waals surface area contributed by atoms with Gasteiger partial charge in [-0.15, -0.1) is 0 Å². The molecule has 2 aromatic heterocycles. The summed E-state index contributed by atoms with van der Waals surface area (Å²) in [5.41, 5.74) is 2.33. The number of carbonyl (C=O) groups excluding carboxylic acids is 1. The van der Waals surface area contributed by atoms with Crippen molar-refractivity contribution >= 4 is 5.91 Å². The summed E-state index contributed by atoms with van der Waals surface area (Å²) >= 11 is 0. The average Bonchev–Trinajstić information content (AvgIpc) is 3.15. The van der Waals surface area contributed by atoms with Crippen molar-refractivity contribution in [1.82, 2.24) is 19.7 Å². The minimum absolute atomic E-state index is 0.253. The molecule has 2 aromatic rings. The standard InChI is InChI=1S/C17H22N4O/c1-14-11-19-20(12-14)13-16-3-2-10-21(16)17(22)5-4-15-6-8-18-9-7-15/h6-9,11-12,16H,2-5,10,13H2,1H3. The molecule has 0 spiro atoms. The summed E-state index contributed by atoms with van der Waals surface area (Å²) in [6, 6.07) is 4.23. The first-order chi connectivity index (χ1) is 10.7. The summed E-state index contributed by atoms with van der Waals surface area (Å²) in [4.78, 5) is 18.6. The van der Waals surface area contributed by atoms with Crippen LogP contribution in [0, 0.1) is 6.92 Å². The van der Waals surface area contributed by atoms with E-state index in [1.807, 2.05) is 41.0 Å². The maximum atomic E-state index is 12.5. The molecule has 0 bridgehead atoms. The molecule has 1 saturated heterocycles. The Morgan fingerprint density at radius 1 is 1.36 bits per heavy atom. The highest BCUT2D eigenvalue weighted by Gasteiger charge is 2.28. The summed E-state index contributed by atoms with van der Waals surface area (Å²) in [6.45, 7) is 3.71. The van der Waals surface area contributed by atoms with E-state index in [2.05, 4.69) is 10.1 Å². The van der Waals surface area contributed by atoms with E-state index in [1.54, 1.807) is 12.4 Å². The predicted molar refractivity (Wildman–Crippen MR) is 84.3 cm³/mol. The minimum atomic E-state index is 0.253. The number of amides is 1. The SMILES string of the molecule is Cc1cnn(CC2CCCN2C(=O)CCc2ccncc2)c1. The molecule has 22 heavy (non-hydrogen) atoms. The fraction of sp³-hybridized carbons (Fsp3) is 0.471. The third-order valence-electron chi connectivity index (χ3n) is 4.23. The van der Waals surface area contributed by atoms with Crippen LogP contribution in [0.15, 0.2) is 36.9 Å². The maximum absolute atomic E-state index is 12.5. The van der Waals surface area contributed by atoms with Gasteiger partial charge in [0.2, 0.25) is 5.91 Å². The first-order valence-electron chi connectivity index (χ1n) is 7.90. The smallest absolute Gasteiger partial charge is 0.223 e. The summed E-state index contributed by atoms with van der Waals surface area (Å²) in [5.74, 6) is 0.253. The summed E-state index contributed by atoms with van der Waals surface area (Å²) in [7, 11) is 0. The van der Waals surface area contributed by atoms with Crippen LogP contribution in [-0.4, -0.2) is 38.2 Å². The number of aryl methyl sites for hydroxylation is 2. The average molecular weight is 298 g/mol. The first kappa shape index (κ1) is 14.8. The van der Waals surface area contributed by atoms with Gasteiger partial charge >= 0.3 is 0 Å². The van der Waals surface area contributed by atoms with Gasteiger partial charge in [-0.3, -0.25) is 14.5 Å². The molecule has 0 aromatic carbocycles. The lowest BCUT2D eigenvalue weighted by Gasteiger charge is -2.24. The predicted octanol–water partition coefficient (Wildman–Crippen LogP) is 2.21. The maximum Gasteiger partial charge on any atom is 0.223 e. The minimum Gasteiger partial charge on any atom is -0.338 e. The normalized spacial score (nSPS) is 17.9. The van der Waals surface area contributed by atoms with Gasteiger partial charge in [0.1, 0.15) is 0 Å². The Kier molecular flexibility index (Phi) is 4.51. The van der Waals surface area contributed by atoms with Crippen LogP contribution in [0.5, 0.6) is 0 Å². The second-order valence-corrected chi connectivity index (χ2v) is 5.98. The van der Waals surface area contributed by atoms with Crippen LogP contribution < -0.4 is 0 Å². The van der Waals surface area contributed by atoms with Gasteiger partial charge in [0.05, 0.1) is 18.8 Å². The molecule has 0 saturated carbocycles. The van der Waals surface area contributed by atoms with Crippen molar-refractivity contribution in [1.29, 1.82) is 0 Å². The molecule has 5 heteroatoms. The van der Waals surface area contributed by atoms with E-state index in [0.717, 1.165) is 37.9 Å². The number of rotatable bonds is 5. The van der Waals surface area contributed by atoms with Crippen LogP contribution in [-0.2, 0) is 17.8 Å². The zero-order valence-corrected chi connectivity index (χ0v) is 13.0. The largest absolute Gasteiger partial charge is 0.338 e. The first-order valence-corrected chi connectivity index (χ1v) is 7.90. The van der Waals surface area contributed by atoms with Crippen LogP contribution in [0.1, 0.15) is 30.4 Å². The Hall–Kier alpha value is -2.17. The van der Waals surface area contributed by atoms with E-state index in [0.29, 0.717) is 6.42 Å². The molecule has 1 atom stereocenters. The lowest BCUT2D eigenvalue weighted by atomic mass is 10.1. The molecule has 0 radical (unpaired) electrons. The molecular formula is C17H22N4O. The van der Waals surface area contributed by atoms with E-state index < -0.39 is 0 Å². The fourth-order valence-electron chi connectivity index (χ4n) is 3.08. The van der Waals surface area contributed by atoms with Crippen LogP contribution >= 0.6 is 0 Å². The molecule has 3 rings (SSSR count). The number of hydrogen-bond donors (Lipinski definition) is 0. The van der Waals surface area contributed by atoms with Gasteiger partial charge in [0.25, 0.3) is 0 Å². The van der Waals surface area contributed by atoms with Crippen LogP contribution in [0.2, 0.25) is 0 Å². The Balaban J connectivity index is 1.56. The third kappa shape index (κ3) is 3.53. The van der Waals surface area contributed by atoms with Gasteiger partial charge in [-0.25, -0.2) is 0 Å². The molecule has 1 aliphatic rings. The second-order valence-electron chi connectivity index (χ2n) is 5.98. The molecule has 1 fully saturated rings. The zero-order valence-electron chi connectivity index (χ0n) is 13.0. The highest BCUT2D eigenvalue weighted by atomic mass is 16.2. The molecule has 5 nitrogen and oxygen atoms in total. The highest BCUT2D eigenvalue weighted by Crippen LogP contribution is 2.20. The number of nitrogens with zero attached hydrogens (tertiary/aromatic N) is 4. The Bertz CT molecular complexity index is 623. The van der Waals surface area contributed by atoms with Gasteiger partial charge in [-0.05, 0) is 49.4 Å². The van der Waals surface area contributed by atoms with Crippen molar-refractivity contribution in [3.8, 4) is 0 Å². The van der Waals surface area contributed by atoms with E-state index in [9.17, 15) is 4.79 Å². The van der Waals surface area contributed by atoms with Gasteiger partial charge in [0.15, 0.2) is 0 Å². The molecule has 0 aliphatic carbocycles. The summed E-state index contributed by atoms with van der Waals surface area (Å²) in [6.07, 6.45) is 11.0. The Labute approximate surface area is 131 Å². The van der Waals surface area contributed by atoms with Gasteiger partial charge in [0, 0.05) is 31.6 Å². The van der Waals surface area contributed by atoms with Crippen molar-refractivity contribution in [2.45, 2.75) is 45.2 Å². The van der Waals surface area contributed by atoms with Crippen molar-refractivity contribution in [3.63, 3.8) is 0 Å². The molecule has 1 amide bonds. The van der Waals surface area contributed by atoms with Gasteiger partial charge < -0.3 is 4.90 Å². The van der Waals surface area contributed by atoms with Crippen molar-refractivity contribution in [3.05, 3.63) is 48.0 Å². The lowest BCUT2D eigenvalue weighted by molar-refractivity contribution is -0.132. The van der Waals surface area contributed by atoms with Crippen molar-refractivity contribution < 1.29 is 4.79 Å². The summed E-state index contributed by atoms with van der Waals surface area (Å²) < 4.78 is 1.95. The van der Waals surface area contributed by atoms with E-state index in [-0.39, 0.29) is 11.9 Å². The topological polar surface area (TPSA) is 51.0 Å². The summed E-state index contributed by atoms with van der Waals surface area (Å²) in [5, 5.41) is 4.34. The molecule has 116 valence electrons. The molecule has 1 unspecified atom stereocenters. The van der Waals surface area contributed by atoms with Crippen LogP contribution in [0.4, 0.5) is 0 Å². The molecule has 1 aliphatic heterocycles. The van der Waals surface area contributed by atoms with Crippen LogP contribution in [0.25, 0.3) is 0 Å². The number of pyridine rings is 1. The Morgan fingerprint density at radius 2 is 2.18 bits per heavy atom. The molecule has 0 N–H and O–H groups in total. The van der Waals surface area contributed by atoms with Crippen molar-refractivity contribution in [2.24, 2.45) is 0 Å². The van der Waals surface area contributed by atoms with E-state index >= 15 is 0 Å². The number of carbonyl (C=O) groups is 1.